The minimum Gasteiger partial charge on any atom is -0.438 e. The van der Waals surface area contributed by atoms with E-state index < -0.39 is 9.76 Å². The number of rotatable bonds is 3. The second-order valence-electron chi connectivity index (χ2n) is 5.64. The zero-order valence-electron chi connectivity index (χ0n) is 9.96. The average molecular weight is 226 g/mol. The van der Waals surface area contributed by atoms with Crippen molar-refractivity contribution < 1.29 is 4.80 Å². The van der Waals surface area contributed by atoms with Crippen molar-refractivity contribution in [1.82, 2.24) is 0 Å². The van der Waals surface area contributed by atoms with Gasteiger partial charge in [-0.05, 0) is 17.4 Å². The smallest absolute Gasteiger partial charge is 0.160 e. The molecule has 0 saturated heterocycles. The summed E-state index contributed by atoms with van der Waals surface area (Å²) in [6, 6.07) is 0. The first-order chi connectivity index (χ1) is 7.42. The third-order valence-electron chi connectivity index (χ3n) is 4.72. The predicted molar refractivity (Wildman–Crippen MR) is 67.7 cm³/mol. The Morgan fingerprint density at radius 3 is 1.47 bits per heavy atom. The highest BCUT2D eigenvalue weighted by Gasteiger charge is 2.30. The van der Waals surface area contributed by atoms with Crippen molar-refractivity contribution in [2.45, 2.75) is 69.7 Å². The van der Waals surface area contributed by atoms with Gasteiger partial charge in [0.25, 0.3) is 0 Å². The zero-order valence-corrected chi connectivity index (χ0v) is 11.4. The van der Waals surface area contributed by atoms with Gasteiger partial charge in [-0.15, -0.1) is 0 Å². The molecule has 0 heterocycles. The van der Waals surface area contributed by atoms with Crippen molar-refractivity contribution in [3.63, 3.8) is 0 Å². The Bertz CT molecular complexity index is 153. The van der Waals surface area contributed by atoms with Crippen LogP contribution in [0.3, 0.4) is 0 Å². The predicted octanol–water partition coefficient (Wildman–Crippen LogP) is 3.01. The summed E-state index contributed by atoms with van der Waals surface area (Å²) in [6.45, 7) is 0. The van der Waals surface area contributed by atoms with E-state index in [1.54, 1.807) is 0 Å². The molecular weight excluding hydrogens is 200 g/mol. The molecule has 0 amide bonds. The van der Waals surface area contributed by atoms with Crippen LogP contribution in [0.4, 0.5) is 0 Å². The molecule has 0 aliphatic heterocycles. The lowest BCUT2D eigenvalue weighted by Gasteiger charge is -2.36. The monoisotopic (exact) mass is 226 g/mol. The van der Waals surface area contributed by atoms with E-state index >= 15 is 0 Å². The van der Waals surface area contributed by atoms with Gasteiger partial charge in [-0.1, -0.05) is 64.2 Å². The number of hydrogen-bond acceptors (Lipinski definition) is 1. The van der Waals surface area contributed by atoms with E-state index in [0.717, 1.165) is 17.4 Å². The Kier molecular flexibility index (Phi) is 4.70. The molecule has 0 aromatic rings. The summed E-state index contributed by atoms with van der Waals surface area (Å²) in [7, 11) is -0.762. The van der Waals surface area contributed by atoms with Crippen LogP contribution in [-0.4, -0.2) is 14.6 Å². The first-order valence-corrected chi connectivity index (χ1v) is 8.47. The van der Waals surface area contributed by atoms with Crippen LogP contribution in [0.1, 0.15) is 64.2 Å². The van der Waals surface area contributed by atoms with Gasteiger partial charge in [-0.25, -0.2) is 0 Å². The van der Waals surface area contributed by atoms with E-state index in [0.29, 0.717) is 0 Å². The third kappa shape index (κ3) is 3.07. The highest BCUT2D eigenvalue weighted by Crippen LogP contribution is 2.42. The van der Waals surface area contributed by atoms with E-state index in [4.69, 9.17) is 0 Å². The number of hydrogen-bond donors (Lipinski definition) is 1. The van der Waals surface area contributed by atoms with Gasteiger partial charge < -0.3 is 4.80 Å². The summed E-state index contributed by atoms with van der Waals surface area (Å²) >= 11 is 0. The molecule has 0 bridgehead atoms. The fourth-order valence-corrected chi connectivity index (χ4v) is 5.35. The Morgan fingerprint density at radius 2 is 1.13 bits per heavy atom. The van der Waals surface area contributed by atoms with E-state index in [2.05, 4.69) is 0 Å². The van der Waals surface area contributed by atoms with Gasteiger partial charge in [-0.3, -0.25) is 0 Å². The maximum Gasteiger partial charge on any atom is 0.160 e. The summed E-state index contributed by atoms with van der Waals surface area (Å²) in [5, 5.41) is 0. The SMILES string of the molecule is O[SiH2]C(C1CCCCC1)C1CCCCC1. The molecule has 2 heteroatoms. The summed E-state index contributed by atoms with van der Waals surface area (Å²) in [6.07, 6.45) is 14.3. The molecule has 0 atom stereocenters. The molecule has 1 N–H and O–H groups in total. The van der Waals surface area contributed by atoms with Crippen molar-refractivity contribution in [2.75, 3.05) is 0 Å². The molecule has 2 aliphatic rings. The average Bonchev–Trinajstić information content (AvgIpc) is 2.33. The van der Waals surface area contributed by atoms with Crippen LogP contribution < -0.4 is 0 Å². The van der Waals surface area contributed by atoms with E-state index in [1.165, 1.54) is 64.2 Å². The van der Waals surface area contributed by atoms with Crippen molar-refractivity contribution in [1.29, 1.82) is 0 Å². The second kappa shape index (κ2) is 6.05. The summed E-state index contributed by atoms with van der Waals surface area (Å²) in [5.74, 6) is 1.83. The standard InChI is InChI=1S/C13H26OSi/c14-15-13(11-7-3-1-4-8-11)12-9-5-2-6-10-12/h11-14H,1-10,15H2. The van der Waals surface area contributed by atoms with Crippen LogP contribution in [0.2, 0.25) is 5.54 Å². The first-order valence-electron chi connectivity index (χ1n) is 7.02. The minimum absolute atomic E-state index is 0.762. The fraction of sp³-hybridized carbons (Fsp3) is 1.00. The lowest BCUT2D eigenvalue weighted by molar-refractivity contribution is 0.234. The minimum atomic E-state index is -0.762. The normalized spacial score (nSPS) is 26.8. The van der Waals surface area contributed by atoms with E-state index in [9.17, 15) is 4.80 Å². The molecule has 88 valence electrons. The van der Waals surface area contributed by atoms with Crippen LogP contribution in [0, 0.1) is 11.8 Å². The first kappa shape index (κ1) is 11.7. The Balaban J connectivity index is 1.88. The quantitative estimate of drug-likeness (QED) is 0.734. The van der Waals surface area contributed by atoms with Crippen LogP contribution in [0.25, 0.3) is 0 Å². The topological polar surface area (TPSA) is 20.2 Å². The van der Waals surface area contributed by atoms with E-state index in [1.807, 2.05) is 0 Å². The molecular formula is C13H26OSi. The van der Waals surface area contributed by atoms with Gasteiger partial charge in [0.15, 0.2) is 9.76 Å². The lowest BCUT2D eigenvalue weighted by atomic mass is 9.77. The molecule has 0 radical (unpaired) electrons. The van der Waals surface area contributed by atoms with Gasteiger partial charge in [0.1, 0.15) is 0 Å². The second-order valence-corrected chi connectivity index (χ2v) is 6.95. The molecule has 2 aliphatic carbocycles. The Morgan fingerprint density at radius 1 is 0.733 bits per heavy atom. The van der Waals surface area contributed by atoms with Gasteiger partial charge in [-0.2, -0.15) is 0 Å². The third-order valence-corrected chi connectivity index (χ3v) is 6.48. The molecule has 0 spiro atoms. The summed E-state index contributed by atoms with van der Waals surface area (Å²) in [4.78, 5) is 9.77. The van der Waals surface area contributed by atoms with E-state index in [-0.39, 0.29) is 0 Å². The molecule has 2 rings (SSSR count). The molecule has 0 aromatic carbocycles. The van der Waals surface area contributed by atoms with Gasteiger partial charge in [0.2, 0.25) is 0 Å². The Hall–Kier alpha value is 0.177. The largest absolute Gasteiger partial charge is 0.438 e. The molecule has 2 saturated carbocycles. The van der Waals surface area contributed by atoms with Crippen LogP contribution in [-0.2, 0) is 0 Å². The summed E-state index contributed by atoms with van der Waals surface area (Å²) in [5.41, 5.74) is 0.783. The van der Waals surface area contributed by atoms with Gasteiger partial charge >= 0.3 is 0 Å². The summed E-state index contributed by atoms with van der Waals surface area (Å²) < 4.78 is 0. The van der Waals surface area contributed by atoms with Crippen molar-refractivity contribution in [2.24, 2.45) is 11.8 Å². The van der Waals surface area contributed by atoms with Crippen LogP contribution in [0.15, 0.2) is 0 Å². The molecule has 0 unspecified atom stereocenters. The van der Waals surface area contributed by atoms with Crippen LogP contribution >= 0.6 is 0 Å². The van der Waals surface area contributed by atoms with Crippen molar-refractivity contribution >= 4 is 9.76 Å². The maximum atomic E-state index is 9.77. The molecule has 0 aromatic heterocycles. The maximum absolute atomic E-state index is 9.77. The fourth-order valence-electron chi connectivity index (χ4n) is 3.81. The van der Waals surface area contributed by atoms with Gasteiger partial charge in [0, 0.05) is 0 Å². The van der Waals surface area contributed by atoms with Gasteiger partial charge in [0.05, 0.1) is 0 Å². The molecule has 1 nitrogen and oxygen atoms in total. The van der Waals surface area contributed by atoms with Crippen LogP contribution in [0.5, 0.6) is 0 Å². The highest BCUT2D eigenvalue weighted by atomic mass is 28.2. The Labute approximate surface area is 96.6 Å². The molecule has 2 fully saturated rings. The molecule has 15 heavy (non-hydrogen) atoms. The zero-order chi connectivity index (χ0) is 10.5. The van der Waals surface area contributed by atoms with Crippen molar-refractivity contribution in [3.05, 3.63) is 0 Å². The highest BCUT2D eigenvalue weighted by molar-refractivity contribution is 6.28. The lowest BCUT2D eigenvalue weighted by Crippen LogP contribution is -2.26. The van der Waals surface area contributed by atoms with Crippen molar-refractivity contribution in [3.8, 4) is 0 Å².